The molecule has 1 atom stereocenters. The molecule has 3 heterocycles. The van der Waals surface area contributed by atoms with Crippen LogP contribution in [0.5, 0.6) is 0 Å². The van der Waals surface area contributed by atoms with Gasteiger partial charge < -0.3 is 9.64 Å². The predicted octanol–water partition coefficient (Wildman–Crippen LogP) is 2.89. The van der Waals surface area contributed by atoms with Crippen LogP contribution in [0.2, 0.25) is 0 Å². The van der Waals surface area contributed by atoms with Crippen molar-refractivity contribution in [2.75, 3.05) is 19.7 Å². The maximum absolute atomic E-state index is 13.8. The third kappa shape index (κ3) is 3.69. The topological polar surface area (TPSA) is 62.7 Å². The Morgan fingerprint density at radius 3 is 2.61 bits per heavy atom. The summed E-state index contributed by atoms with van der Waals surface area (Å²) in [7, 11) is 0. The van der Waals surface area contributed by atoms with Crippen molar-refractivity contribution in [2.45, 2.75) is 31.3 Å². The quantitative estimate of drug-likeness (QED) is 0.762. The summed E-state index contributed by atoms with van der Waals surface area (Å²) in [5.41, 5.74) is 1.15. The van der Waals surface area contributed by atoms with Crippen molar-refractivity contribution in [3.8, 4) is 0 Å². The van der Waals surface area contributed by atoms with Gasteiger partial charge in [0.15, 0.2) is 0 Å². The standard InChI is InChI=1S/C21H22FN3O3/c22-19-18(7-4-10-23-19)20(26)24-11-8-16(9-12-24)25-17(14-28-21(25)27)13-15-5-2-1-3-6-15/h1-7,10,16-17H,8-9,11-14H2/t17-/m1/s1. The Hall–Kier alpha value is -2.96. The van der Waals surface area contributed by atoms with E-state index in [1.807, 2.05) is 35.2 Å². The summed E-state index contributed by atoms with van der Waals surface area (Å²) in [6.45, 7) is 1.33. The number of likely N-dealkylation sites (tertiary alicyclic amines) is 1. The van der Waals surface area contributed by atoms with Gasteiger partial charge in [-0.25, -0.2) is 9.78 Å². The summed E-state index contributed by atoms with van der Waals surface area (Å²) >= 11 is 0. The Bertz CT molecular complexity index is 853. The predicted molar refractivity (Wildman–Crippen MR) is 100 cm³/mol. The molecule has 0 unspecified atom stereocenters. The fourth-order valence-electron chi connectivity index (χ4n) is 4.03. The first kappa shape index (κ1) is 18.4. The molecule has 0 spiro atoms. The van der Waals surface area contributed by atoms with Gasteiger partial charge in [0, 0.05) is 25.3 Å². The van der Waals surface area contributed by atoms with Crippen molar-refractivity contribution < 1.29 is 18.7 Å². The Kier molecular flexibility index (Phi) is 5.23. The number of piperidine rings is 1. The fraction of sp³-hybridized carbons (Fsp3) is 0.381. The zero-order chi connectivity index (χ0) is 19.5. The second kappa shape index (κ2) is 7.96. The molecule has 2 aromatic rings. The molecular weight excluding hydrogens is 361 g/mol. The number of cyclic esters (lactones) is 1. The van der Waals surface area contributed by atoms with Gasteiger partial charge >= 0.3 is 6.09 Å². The number of nitrogens with zero attached hydrogens (tertiary/aromatic N) is 3. The maximum atomic E-state index is 13.8. The van der Waals surface area contributed by atoms with Gasteiger partial charge in [-0.3, -0.25) is 9.69 Å². The number of aromatic nitrogens is 1. The van der Waals surface area contributed by atoms with Crippen LogP contribution in [0, 0.1) is 5.95 Å². The van der Waals surface area contributed by atoms with E-state index >= 15 is 0 Å². The molecule has 4 rings (SSSR count). The molecule has 0 aliphatic carbocycles. The van der Waals surface area contributed by atoms with Crippen molar-refractivity contribution in [1.82, 2.24) is 14.8 Å². The Labute approximate surface area is 162 Å². The lowest BCUT2D eigenvalue weighted by Crippen LogP contribution is -2.50. The highest BCUT2D eigenvalue weighted by atomic mass is 19.1. The zero-order valence-electron chi connectivity index (χ0n) is 15.5. The molecule has 2 aliphatic rings. The lowest BCUT2D eigenvalue weighted by atomic mass is 9.99. The molecule has 0 bridgehead atoms. The molecule has 2 fully saturated rings. The molecule has 1 aromatic heterocycles. The van der Waals surface area contributed by atoms with E-state index in [1.54, 1.807) is 11.0 Å². The van der Waals surface area contributed by atoms with Gasteiger partial charge in [0.25, 0.3) is 5.91 Å². The van der Waals surface area contributed by atoms with Gasteiger partial charge in [0.2, 0.25) is 5.95 Å². The minimum atomic E-state index is -0.749. The summed E-state index contributed by atoms with van der Waals surface area (Å²) in [6, 6.07) is 13.1. The normalized spacial score (nSPS) is 20.3. The Balaban J connectivity index is 1.40. The average Bonchev–Trinajstić information content (AvgIpc) is 3.09. The summed E-state index contributed by atoms with van der Waals surface area (Å²) < 4.78 is 19.1. The van der Waals surface area contributed by atoms with Crippen LogP contribution in [0.4, 0.5) is 9.18 Å². The number of hydrogen-bond donors (Lipinski definition) is 0. The second-order valence-electron chi connectivity index (χ2n) is 7.19. The van der Waals surface area contributed by atoms with E-state index in [4.69, 9.17) is 4.74 Å². The third-order valence-corrected chi connectivity index (χ3v) is 5.45. The van der Waals surface area contributed by atoms with Gasteiger partial charge in [0.05, 0.1) is 11.6 Å². The number of carbonyl (C=O) groups excluding carboxylic acids is 2. The SMILES string of the molecule is O=C(c1cccnc1F)N1CCC(N2C(=O)OC[C@H]2Cc2ccccc2)CC1. The molecular formula is C21H22FN3O3. The van der Waals surface area contributed by atoms with E-state index in [-0.39, 0.29) is 29.6 Å². The first-order chi connectivity index (χ1) is 13.6. The van der Waals surface area contributed by atoms with Crippen LogP contribution in [-0.4, -0.2) is 58.6 Å². The van der Waals surface area contributed by atoms with Gasteiger partial charge in [-0.2, -0.15) is 4.39 Å². The van der Waals surface area contributed by atoms with Gasteiger partial charge in [-0.1, -0.05) is 30.3 Å². The third-order valence-electron chi connectivity index (χ3n) is 5.45. The van der Waals surface area contributed by atoms with Crippen LogP contribution >= 0.6 is 0 Å². The molecule has 28 heavy (non-hydrogen) atoms. The van der Waals surface area contributed by atoms with E-state index in [2.05, 4.69) is 4.98 Å². The number of hydrogen-bond acceptors (Lipinski definition) is 4. The van der Waals surface area contributed by atoms with Crippen LogP contribution in [-0.2, 0) is 11.2 Å². The minimum absolute atomic E-state index is 0.00193. The number of halogens is 1. The second-order valence-corrected chi connectivity index (χ2v) is 7.19. The molecule has 0 N–H and O–H groups in total. The minimum Gasteiger partial charge on any atom is -0.447 e. The summed E-state index contributed by atoms with van der Waals surface area (Å²) in [4.78, 5) is 31.9. The number of rotatable bonds is 4. The van der Waals surface area contributed by atoms with Crippen LogP contribution < -0.4 is 0 Å². The largest absolute Gasteiger partial charge is 0.447 e. The van der Waals surface area contributed by atoms with Gasteiger partial charge in [-0.05, 0) is 37.0 Å². The van der Waals surface area contributed by atoms with E-state index in [9.17, 15) is 14.0 Å². The fourth-order valence-corrected chi connectivity index (χ4v) is 4.03. The van der Waals surface area contributed by atoms with Crippen molar-refractivity contribution in [3.63, 3.8) is 0 Å². The first-order valence-electron chi connectivity index (χ1n) is 9.52. The Morgan fingerprint density at radius 1 is 1.14 bits per heavy atom. The molecule has 0 radical (unpaired) electrons. The molecule has 146 valence electrons. The van der Waals surface area contributed by atoms with Crippen LogP contribution in [0.15, 0.2) is 48.7 Å². The highest BCUT2D eigenvalue weighted by Gasteiger charge is 2.40. The van der Waals surface area contributed by atoms with Crippen molar-refractivity contribution in [1.29, 1.82) is 0 Å². The highest BCUT2D eigenvalue weighted by Crippen LogP contribution is 2.26. The summed E-state index contributed by atoms with van der Waals surface area (Å²) in [5.74, 6) is -1.10. The van der Waals surface area contributed by atoms with E-state index in [1.165, 1.54) is 12.3 Å². The van der Waals surface area contributed by atoms with Gasteiger partial charge in [0.1, 0.15) is 6.61 Å². The van der Waals surface area contributed by atoms with Crippen LogP contribution in [0.25, 0.3) is 0 Å². The zero-order valence-corrected chi connectivity index (χ0v) is 15.5. The van der Waals surface area contributed by atoms with E-state index in [0.717, 1.165) is 12.0 Å². The van der Waals surface area contributed by atoms with Crippen molar-refractivity contribution >= 4 is 12.0 Å². The number of pyridine rings is 1. The highest BCUT2D eigenvalue weighted by molar-refractivity contribution is 5.94. The number of ether oxygens (including phenoxy) is 1. The summed E-state index contributed by atoms with van der Waals surface area (Å²) in [6.07, 6.45) is 3.07. The maximum Gasteiger partial charge on any atom is 0.410 e. The van der Waals surface area contributed by atoms with Crippen LogP contribution in [0.3, 0.4) is 0 Å². The molecule has 0 saturated carbocycles. The van der Waals surface area contributed by atoms with Crippen molar-refractivity contribution in [2.24, 2.45) is 0 Å². The van der Waals surface area contributed by atoms with Crippen molar-refractivity contribution in [3.05, 3.63) is 65.7 Å². The number of carbonyl (C=O) groups is 2. The number of benzene rings is 1. The number of amides is 2. The van der Waals surface area contributed by atoms with E-state index < -0.39 is 5.95 Å². The monoisotopic (exact) mass is 383 g/mol. The average molecular weight is 383 g/mol. The first-order valence-corrected chi connectivity index (χ1v) is 9.52. The summed E-state index contributed by atoms with van der Waals surface area (Å²) in [5, 5.41) is 0. The van der Waals surface area contributed by atoms with Gasteiger partial charge in [-0.15, -0.1) is 0 Å². The van der Waals surface area contributed by atoms with Crippen LogP contribution in [0.1, 0.15) is 28.8 Å². The molecule has 2 amide bonds. The molecule has 2 aliphatic heterocycles. The lowest BCUT2D eigenvalue weighted by molar-refractivity contribution is 0.0631. The van der Waals surface area contributed by atoms with E-state index in [0.29, 0.717) is 32.5 Å². The smallest absolute Gasteiger partial charge is 0.410 e. The molecule has 7 heteroatoms. The molecule has 6 nitrogen and oxygen atoms in total. The lowest BCUT2D eigenvalue weighted by Gasteiger charge is -2.38. The Morgan fingerprint density at radius 2 is 1.89 bits per heavy atom. The molecule has 1 aromatic carbocycles. The molecule has 2 saturated heterocycles.